The molecule has 1 aromatic carbocycles. The van der Waals surface area contributed by atoms with Crippen molar-refractivity contribution in [1.82, 2.24) is 0 Å². The van der Waals surface area contributed by atoms with E-state index >= 15 is 0 Å². The fraction of sp³-hybridized carbons (Fsp3) is 0.273. The number of nitrogens with one attached hydrogen (secondary N) is 2. The van der Waals surface area contributed by atoms with E-state index in [0.717, 1.165) is 30.6 Å². The second-order valence-corrected chi connectivity index (χ2v) is 9.22. The maximum Gasteiger partial charge on any atom is 0.266 e. The first-order valence-corrected chi connectivity index (χ1v) is 11.2. The molecule has 0 unspecified atom stereocenters. The predicted molar refractivity (Wildman–Crippen MR) is 119 cm³/mol. The van der Waals surface area contributed by atoms with Crippen LogP contribution in [0.3, 0.4) is 0 Å². The Morgan fingerprint density at radius 1 is 1.10 bits per heavy atom. The van der Waals surface area contributed by atoms with Crippen LogP contribution in [-0.2, 0) is 12.8 Å². The van der Waals surface area contributed by atoms with Gasteiger partial charge in [-0.15, -0.1) is 22.7 Å². The quantitative estimate of drug-likeness (QED) is 0.570. The lowest BCUT2D eigenvalue weighted by molar-refractivity contribution is 0.102. The Hall–Kier alpha value is -2.64. The molecular weight excluding hydrogens is 404 g/mol. The van der Waals surface area contributed by atoms with Crippen molar-refractivity contribution in [1.29, 1.82) is 0 Å². The van der Waals surface area contributed by atoms with Gasteiger partial charge in [0.15, 0.2) is 0 Å². The van der Waals surface area contributed by atoms with E-state index in [1.54, 1.807) is 25.3 Å². The molecule has 1 aliphatic carbocycles. The number of anilines is 2. The van der Waals surface area contributed by atoms with Crippen molar-refractivity contribution in [3.05, 3.63) is 62.7 Å². The Labute approximate surface area is 177 Å². The Balaban J connectivity index is 1.64. The topological polar surface area (TPSA) is 67.4 Å². The summed E-state index contributed by atoms with van der Waals surface area (Å²) in [4.78, 5) is 27.6. The number of fused-ring (bicyclic) bond motifs is 1. The summed E-state index contributed by atoms with van der Waals surface area (Å²) in [5.74, 6) is 0.946. The van der Waals surface area contributed by atoms with Crippen molar-refractivity contribution in [3.63, 3.8) is 0 Å². The molecular formula is C22H22N2O3S2. The van der Waals surface area contributed by atoms with Gasteiger partial charge in [-0.1, -0.05) is 13.0 Å². The molecule has 4 rings (SSSR count). The number of amides is 2. The van der Waals surface area contributed by atoms with Crippen LogP contribution >= 0.6 is 22.7 Å². The van der Waals surface area contributed by atoms with E-state index in [0.29, 0.717) is 27.0 Å². The normalized spacial score (nSPS) is 15.4. The molecule has 1 aliphatic rings. The highest BCUT2D eigenvalue weighted by atomic mass is 32.1. The van der Waals surface area contributed by atoms with Crippen LogP contribution < -0.4 is 15.4 Å². The molecule has 2 heterocycles. The van der Waals surface area contributed by atoms with Gasteiger partial charge in [0.05, 0.1) is 17.6 Å². The van der Waals surface area contributed by atoms with Gasteiger partial charge in [0.2, 0.25) is 0 Å². The highest BCUT2D eigenvalue weighted by molar-refractivity contribution is 7.17. The Morgan fingerprint density at radius 2 is 1.90 bits per heavy atom. The van der Waals surface area contributed by atoms with Gasteiger partial charge in [-0.3, -0.25) is 9.59 Å². The van der Waals surface area contributed by atoms with Crippen molar-refractivity contribution >= 4 is 45.2 Å². The van der Waals surface area contributed by atoms with Gasteiger partial charge < -0.3 is 15.4 Å². The predicted octanol–water partition coefficient (Wildman–Crippen LogP) is 5.45. The van der Waals surface area contributed by atoms with Gasteiger partial charge in [0, 0.05) is 10.6 Å². The number of rotatable bonds is 5. The van der Waals surface area contributed by atoms with Gasteiger partial charge in [-0.25, -0.2) is 0 Å². The van der Waals surface area contributed by atoms with E-state index in [4.69, 9.17) is 4.74 Å². The molecule has 7 heteroatoms. The third kappa shape index (κ3) is 4.21. The fourth-order valence-electron chi connectivity index (χ4n) is 3.52. The summed E-state index contributed by atoms with van der Waals surface area (Å²) in [7, 11) is 1.61. The minimum Gasteiger partial charge on any atom is -0.497 e. The van der Waals surface area contributed by atoms with Gasteiger partial charge in [0.1, 0.15) is 10.8 Å². The lowest BCUT2D eigenvalue weighted by Gasteiger charge is -2.18. The summed E-state index contributed by atoms with van der Waals surface area (Å²) in [6.07, 6.45) is 2.84. The largest absolute Gasteiger partial charge is 0.497 e. The Bertz CT molecular complexity index is 1020. The Kier molecular flexibility index (Phi) is 5.69. The van der Waals surface area contributed by atoms with E-state index in [1.165, 1.54) is 27.6 Å². The molecule has 0 saturated carbocycles. The van der Waals surface area contributed by atoms with Crippen molar-refractivity contribution in [3.8, 4) is 5.75 Å². The minimum atomic E-state index is -0.191. The summed E-state index contributed by atoms with van der Waals surface area (Å²) in [5.41, 5.74) is 2.36. The van der Waals surface area contributed by atoms with Gasteiger partial charge in [-0.2, -0.15) is 0 Å². The molecule has 2 N–H and O–H groups in total. The minimum absolute atomic E-state index is 0.176. The molecule has 0 spiro atoms. The summed E-state index contributed by atoms with van der Waals surface area (Å²) >= 11 is 2.91. The number of carbonyl (C=O) groups is 2. The zero-order valence-electron chi connectivity index (χ0n) is 16.3. The van der Waals surface area contributed by atoms with E-state index in [1.807, 2.05) is 23.6 Å². The molecule has 3 aromatic rings. The average Bonchev–Trinajstić information content (AvgIpc) is 3.36. The SMILES string of the molecule is COc1ccc(NC(=O)c2c(NC(=O)c3cccs3)sc3c2CC[C@H](C)C3)cc1. The number of hydrogen-bond donors (Lipinski definition) is 2. The van der Waals surface area contributed by atoms with E-state index in [2.05, 4.69) is 17.6 Å². The highest BCUT2D eigenvalue weighted by Gasteiger charge is 2.28. The first kappa shape index (κ1) is 19.7. The van der Waals surface area contributed by atoms with Crippen LogP contribution in [0.15, 0.2) is 41.8 Å². The average molecular weight is 427 g/mol. The zero-order chi connectivity index (χ0) is 20.4. The van der Waals surface area contributed by atoms with E-state index < -0.39 is 0 Å². The van der Waals surface area contributed by atoms with Crippen LogP contribution in [0.25, 0.3) is 0 Å². The molecule has 0 fully saturated rings. The molecule has 0 bridgehead atoms. The number of carbonyl (C=O) groups excluding carboxylic acids is 2. The maximum atomic E-state index is 13.2. The summed E-state index contributed by atoms with van der Waals surface area (Å²) in [5, 5.41) is 8.45. The van der Waals surface area contributed by atoms with Crippen LogP contribution in [0, 0.1) is 5.92 Å². The smallest absolute Gasteiger partial charge is 0.266 e. The summed E-state index contributed by atoms with van der Waals surface area (Å²) in [6, 6.07) is 10.9. The van der Waals surface area contributed by atoms with Crippen LogP contribution in [0.1, 0.15) is 43.8 Å². The lowest BCUT2D eigenvalue weighted by atomic mass is 9.88. The monoisotopic (exact) mass is 426 g/mol. The van der Waals surface area contributed by atoms with Crippen LogP contribution in [0.2, 0.25) is 0 Å². The Morgan fingerprint density at radius 3 is 2.59 bits per heavy atom. The zero-order valence-corrected chi connectivity index (χ0v) is 17.9. The van der Waals surface area contributed by atoms with Crippen molar-refractivity contribution in [2.75, 3.05) is 17.7 Å². The maximum absolute atomic E-state index is 13.2. The van der Waals surface area contributed by atoms with Crippen LogP contribution in [0.5, 0.6) is 5.75 Å². The number of ether oxygens (including phenoxy) is 1. The van der Waals surface area contributed by atoms with E-state index in [-0.39, 0.29) is 11.8 Å². The summed E-state index contributed by atoms with van der Waals surface area (Å²) < 4.78 is 5.17. The number of methoxy groups -OCH3 is 1. The first-order valence-electron chi connectivity index (χ1n) is 9.50. The first-order chi connectivity index (χ1) is 14.0. The van der Waals surface area contributed by atoms with Crippen LogP contribution in [0.4, 0.5) is 10.7 Å². The molecule has 0 saturated heterocycles. The van der Waals surface area contributed by atoms with E-state index in [9.17, 15) is 9.59 Å². The molecule has 150 valence electrons. The molecule has 0 aliphatic heterocycles. The second kappa shape index (κ2) is 8.39. The van der Waals surface area contributed by atoms with Crippen LogP contribution in [-0.4, -0.2) is 18.9 Å². The molecule has 29 heavy (non-hydrogen) atoms. The van der Waals surface area contributed by atoms with Gasteiger partial charge in [0.25, 0.3) is 11.8 Å². The molecule has 2 aromatic heterocycles. The lowest BCUT2D eigenvalue weighted by Crippen LogP contribution is -2.19. The number of benzene rings is 1. The molecule has 1 atom stereocenters. The number of hydrogen-bond acceptors (Lipinski definition) is 5. The fourth-order valence-corrected chi connectivity index (χ4v) is 5.54. The molecule has 0 radical (unpaired) electrons. The van der Waals surface area contributed by atoms with Gasteiger partial charge in [-0.05, 0) is 66.5 Å². The third-order valence-corrected chi connectivity index (χ3v) is 7.10. The van der Waals surface area contributed by atoms with Crippen molar-refractivity contribution in [2.24, 2.45) is 5.92 Å². The van der Waals surface area contributed by atoms with Gasteiger partial charge >= 0.3 is 0 Å². The highest BCUT2D eigenvalue weighted by Crippen LogP contribution is 2.40. The molecule has 5 nitrogen and oxygen atoms in total. The van der Waals surface area contributed by atoms with Crippen molar-refractivity contribution < 1.29 is 14.3 Å². The third-order valence-electron chi connectivity index (χ3n) is 5.06. The molecule has 2 amide bonds. The standard InChI is InChI=1S/C22H22N2O3S2/c1-13-5-10-16-18(12-13)29-22(24-20(25)17-4-3-11-28-17)19(16)21(26)23-14-6-8-15(27-2)9-7-14/h3-4,6-9,11,13H,5,10,12H2,1-2H3,(H,23,26)(H,24,25)/t13-/m0/s1. The second-order valence-electron chi connectivity index (χ2n) is 7.17. The van der Waals surface area contributed by atoms with Crippen molar-refractivity contribution in [2.45, 2.75) is 26.2 Å². The number of thiophene rings is 2. The summed E-state index contributed by atoms with van der Waals surface area (Å²) in [6.45, 7) is 2.23.